The van der Waals surface area contributed by atoms with Gasteiger partial charge in [0.2, 0.25) is 0 Å². The van der Waals surface area contributed by atoms with Crippen LogP contribution in [0.3, 0.4) is 0 Å². The molecule has 1 N–H and O–H groups in total. The summed E-state index contributed by atoms with van der Waals surface area (Å²) in [4.78, 5) is 11.5. The lowest BCUT2D eigenvalue weighted by Gasteiger charge is -2.16. The average molecular weight is 242 g/mol. The van der Waals surface area contributed by atoms with Crippen molar-refractivity contribution in [1.29, 1.82) is 0 Å². The molecule has 16 heavy (non-hydrogen) atoms. The van der Waals surface area contributed by atoms with E-state index < -0.39 is 0 Å². The number of methoxy groups -OCH3 is 1. The normalized spacial score (nSPS) is 23.6. The van der Waals surface area contributed by atoms with Gasteiger partial charge in [-0.25, -0.2) is 0 Å². The minimum Gasteiger partial charge on any atom is -0.469 e. The van der Waals surface area contributed by atoms with Crippen molar-refractivity contribution in [3.63, 3.8) is 0 Å². The largest absolute Gasteiger partial charge is 0.469 e. The van der Waals surface area contributed by atoms with Crippen molar-refractivity contribution in [2.75, 3.05) is 20.2 Å². The quantitative estimate of drug-likeness (QED) is 0.800. The highest BCUT2D eigenvalue weighted by molar-refractivity contribution is 5.85. The number of halogens is 1. The molecule has 1 saturated heterocycles. The smallest absolute Gasteiger partial charge is 0.310 e. The van der Waals surface area contributed by atoms with Crippen molar-refractivity contribution in [2.24, 2.45) is 5.92 Å². The van der Waals surface area contributed by atoms with Crippen molar-refractivity contribution in [1.82, 2.24) is 5.32 Å². The Morgan fingerprint density at radius 2 is 2.00 bits per heavy atom. The first kappa shape index (κ1) is 13.0. The van der Waals surface area contributed by atoms with Crippen LogP contribution in [0.2, 0.25) is 0 Å². The summed E-state index contributed by atoms with van der Waals surface area (Å²) in [7, 11) is 1.45. The average Bonchev–Trinajstić information content (AvgIpc) is 2.78. The van der Waals surface area contributed by atoms with E-state index in [-0.39, 0.29) is 30.2 Å². The Balaban J connectivity index is 0.00000128. The predicted octanol–water partition coefficient (Wildman–Crippen LogP) is 1.58. The third-order valence-electron chi connectivity index (χ3n) is 2.95. The van der Waals surface area contributed by atoms with Gasteiger partial charge >= 0.3 is 5.97 Å². The van der Waals surface area contributed by atoms with Gasteiger partial charge in [0, 0.05) is 19.0 Å². The molecule has 3 nitrogen and oxygen atoms in total. The molecule has 88 valence electrons. The van der Waals surface area contributed by atoms with E-state index in [1.165, 1.54) is 12.7 Å². The van der Waals surface area contributed by atoms with E-state index in [4.69, 9.17) is 4.74 Å². The Kier molecular flexibility index (Phi) is 4.77. The molecule has 0 spiro atoms. The van der Waals surface area contributed by atoms with Crippen LogP contribution in [-0.2, 0) is 9.53 Å². The highest BCUT2D eigenvalue weighted by Gasteiger charge is 2.34. The number of nitrogens with one attached hydrogen (secondary N) is 1. The summed E-state index contributed by atoms with van der Waals surface area (Å²) in [5.41, 5.74) is 1.21. The Morgan fingerprint density at radius 1 is 1.31 bits per heavy atom. The standard InChI is InChI=1S/C12H15NO2.ClH/c1-15-12(14)11-8-13-7-10(11)9-5-3-2-4-6-9;/h2-6,10-11,13H,7-8H2,1H3;1H/t10-,11-;/m0./s1. The maximum atomic E-state index is 11.5. The summed E-state index contributed by atoms with van der Waals surface area (Å²) in [5.74, 6) is 0.0879. The van der Waals surface area contributed by atoms with Crippen LogP contribution < -0.4 is 5.32 Å². The van der Waals surface area contributed by atoms with E-state index in [1.807, 2.05) is 18.2 Å². The fourth-order valence-corrected chi connectivity index (χ4v) is 2.13. The fraction of sp³-hybridized carbons (Fsp3) is 0.417. The Labute approximate surface area is 102 Å². The Bertz CT molecular complexity index is 342. The van der Waals surface area contributed by atoms with Crippen LogP contribution in [0.1, 0.15) is 11.5 Å². The van der Waals surface area contributed by atoms with Crippen molar-refractivity contribution >= 4 is 18.4 Å². The van der Waals surface area contributed by atoms with Crippen LogP contribution in [0.25, 0.3) is 0 Å². The van der Waals surface area contributed by atoms with E-state index in [9.17, 15) is 4.79 Å². The first-order chi connectivity index (χ1) is 7.33. The number of hydrogen-bond acceptors (Lipinski definition) is 3. The molecular weight excluding hydrogens is 226 g/mol. The highest BCUT2D eigenvalue weighted by Crippen LogP contribution is 2.28. The number of ether oxygens (including phenoxy) is 1. The molecule has 0 amide bonds. The van der Waals surface area contributed by atoms with E-state index in [0.717, 1.165) is 6.54 Å². The van der Waals surface area contributed by atoms with Crippen molar-refractivity contribution < 1.29 is 9.53 Å². The van der Waals surface area contributed by atoms with Gasteiger partial charge < -0.3 is 10.1 Å². The zero-order valence-electron chi connectivity index (χ0n) is 9.18. The van der Waals surface area contributed by atoms with E-state index in [2.05, 4.69) is 17.4 Å². The number of benzene rings is 1. The van der Waals surface area contributed by atoms with Crippen LogP contribution in [0, 0.1) is 5.92 Å². The van der Waals surface area contributed by atoms with Crippen molar-refractivity contribution in [3.8, 4) is 0 Å². The first-order valence-electron chi connectivity index (χ1n) is 5.16. The molecule has 0 aromatic heterocycles. The second-order valence-corrected chi connectivity index (χ2v) is 3.81. The van der Waals surface area contributed by atoms with Crippen LogP contribution >= 0.6 is 12.4 Å². The maximum Gasteiger partial charge on any atom is 0.310 e. The molecule has 0 aliphatic carbocycles. The van der Waals surface area contributed by atoms with Gasteiger partial charge in [-0.3, -0.25) is 4.79 Å². The van der Waals surface area contributed by atoms with Gasteiger partial charge in [-0.2, -0.15) is 0 Å². The molecule has 0 bridgehead atoms. The summed E-state index contributed by atoms with van der Waals surface area (Å²) in [6.45, 7) is 1.57. The van der Waals surface area contributed by atoms with Gasteiger partial charge in [0.25, 0.3) is 0 Å². The zero-order valence-corrected chi connectivity index (χ0v) is 10.00. The lowest BCUT2D eigenvalue weighted by molar-refractivity contribution is -0.145. The monoisotopic (exact) mass is 241 g/mol. The van der Waals surface area contributed by atoms with E-state index in [0.29, 0.717) is 6.54 Å². The maximum absolute atomic E-state index is 11.5. The van der Waals surface area contributed by atoms with Crippen LogP contribution in [0.15, 0.2) is 30.3 Å². The molecule has 1 aliphatic heterocycles. The fourth-order valence-electron chi connectivity index (χ4n) is 2.13. The lowest BCUT2D eigenvalue weighted by atomic mass is 9.89. The summed E-state index contributed by atoms with van der Waals surface area (Å²) in [5, 5.41) is 3.24. The minimum absolute atomic E-state index is 0. The third kappa shape index (κ3) is 2.54. The molecule has 0 saturated carbocycles. The molecule has 1 fully saturated rings. The molecule has 0 unspecified atom stereocenters. The molecule has 1 aromatic rings. The second kappa shape index (κ2) is 5.87. The van der Waals surface area contributed by atoms with Crippen molar-refractivity contribution in [3.05, 3.63) is 35.9 Å². The Hall–Kier alpha value is -1.06. The number of carbonyl (C=O) groups excluding carboxylic acids is 1. The molecule has 0 radical (unpaired) electrons. The summed E-state index contributed by atoms with van der Waals surface area (Å²) >= 11 is 0. The summed E-state index contributed by atoms with van der Waals surface area (Å²) < 4.78 is 4.81. The van der Waals surface area contributed by atoms with Crippen LogP contribution in [-0.4, -0.2) is 26.2 Å². The van der Waals surface area contributed by atoms with Gasteiger partial charge in [0.1, 0.15) is 0 Å². The van der Waals surface area contributed by atoms with Crippen LogP contribution in [0.5, 0.6) is 0 Å². The number of rotatable bonds is 2. The molecule has 2 rings (SSSR count). The Morgan fingerprint density at radius 3 is 2.62 bits per heavy atom. The van der Waals surface area contributed by atoms with Gasteiger partial charge in [0.15, 0.2) is 0 Å². The summed E-state index contributed by atoms with van der Waals surface area (Å²) in [6, 6.07) is 10.1. The second-order valence-electron chi connectivity index (χ2n) is 3.81. The molecule has 4 heteroatoms. The minimum atomic E-state index is -0.117. The van der Waals surface area contributed by atoms with Gasteiger partial charge in [-0.15, -0.1) is 12.4 Å². The van der Waals surface area contributed by atoms with Crippen LogP contribution in [0.4, 0.5) is 0 Å². The van der Waals surface area contributed by atoms with Gasteiger partial charge in [-0.05, 0) is 5.56 Å². The SMILES string of the molecule is COC(=O)[C@H]1CNC[C@H]1c1ccccc1.Cl. The lowest BCUT2D eigenvalue weighted by Crippen LogP contribution is -2.22. The molecular formula is C12H16ClNO2. The topological polar surface area (TPSA) is 38.3 Å². The highest BCUT2D eigenvalue weighted by atomic mass is 35.5. The third-order valence-corrected chi connectivity index (χ3v) is 2.95. The van der Waals surface area contributed by atoms with E-state index >= 15 is 0 Å². The molecule has 1 aliphatic rings. The predicted molar refractivity (Wildman–Crippen MR) is 64.8 cm³/mol. The van der Waals surface area contributed by atoms with Gasteiger partial charge in [0.05, 0.1) is 13.0 Å². The summed E-state index contributed by atoms with van der Waals surface area (Å²) in [6.07, 6.45) is 0. The van der Waals surface area contributed by atoms with E-state index in [1.54, 1.807) is 0 Å². The van der Waals surface area contributed by atoms with Crippen molar-refractivity contribution in [2.45, 2.75) is 5.92 Å². The van der Waals surface area contributed by atoms with Gasteiger partial charge in [-0.1, -0.05) is 30.3 Å². The number of hydrogen-bond donors (Lipinski definition) is 1. The first-order valence-corrected chi connectivity index (χ1v) is 5.16. The molecule has 1 aromatic carbocycles. The molecule has 2 atom stereocenters. The number of carbonyl (C=O) groups is 1. The number of esters is 1. The zero-order chi connectivity index (χ0) is 10.7. The molecule has 1 heterocycles.